The highest BCUT2D eigenvalue weighted by molar-refractivity contribution is 5.90. The standard InChI is InChI=1S/C29H37NO14/c1-15(31)39-22-23(40-16(2)32)25(41-17(3)33)28(42-18(4)34)43-24(22)26(36)30-20(27(37)44-29(5,6)7)13-21(35)38-14-19-11-9-8-10-12-19/h8-12,20,22-25,28H,13-14H2,1-7H3,(H,30,36)/t20-,22-,23-,24-,25+,28+/m0/s1. The van der Waals surface area contributed by atoms with Crippen molar-refractivity contribution in [3.8, 4) is 0 Å². The van der Waals surface area contributed by atoms with Crippen LogP contribution < -0.4 is 5.32 Å². The van der Waals surface area contributed by atoms with E-state index in [2.05, 4.69) is 5.32 Å². The number of hydrogen-bond acceptors (Lipinski definition) is 14. The van der Waals surface area contributed by atoms with Crippen LogP contribution in [0.1, 0.15) is 60.5 Å². The molecule has 242 valence electrons. The molecule has 0 aliphatic carbocycles. The van der Waals surface area contributed by atoms with Gasteiger partial charge in [-0.2, -0.15) is 0 Å². The van der Waals surface area contributed by atoms with Gasteiger partial charge in [-0.05, 0) is 26.3 Å². The molecule has 1 fully saturated rings. The zero-order valence-corrected chi connectivity index (χ0v) is 25.5. The summed E-state index contributed by atoms with van der Waals surface area (Å²) in [6, 6.07) is 7.08. The minimum absolute atomic E-state index is 0.111. The van der Waals surface area contributed by atoms with Gasteiger partial charge in [0.25, 0.3) is 5.91 Å². The lowest BCUT2D eigenvalue weighted by atomic mass is 9.96. The third-order valence-electron chi connectivity index (χ3n) is 5.56. The summed E-state index contributed by atoms with van der Waals surface area (Å²) in [7, 11) is 0. The van der Waals surface area contributed by atoms with E-state index in [1.807, 2.05) is 0 Å². The van der Waals surface area contributed by atoms with Crippen molar-refractivity contribution in [3.05, 3.63) is 35.9 Å². The lowest BCUT2D eigenvalue weighted by Crippen LogP contribution is -2.66. The van der Waals surface area contributed by atoms with Gasteiger partial charge in [0.2, 0.25) is 12.4 Å². The molecule has 0 bridgehead atoms. The zero-order valence-electron chi connectivity index (χ0n) is 25.5. The molecule has 1 heterocycles. The van der Waals surface area contributed by atoms with Crippen LogP contribution in [-0.2, 0) is 73.3 Å². The fourth-order valence-electron chi connectivity index (χ4n) is 4.03. The van der Waals surface area contributed by atoms with E-state index in [1.54, 1.807) is 51.1 Å². The summed E-state index contributed by atoms with van der Waals surface area (Å²) >= 11 is 0. The number of hydrogen-bond donors (Lipinski definition) is 1. The Balaban J connectivity index is 2.42. The first-order valence-electron chi connectivity index (χ1n) is 13.5. The Kier molecular flexibility index (Phi) is 12.8. The molecule has 0 spiro atoms. The number of rotatable bonds is 11. The predicted molar refractivity (Wildman–Crippen MR) is 146 cm³/mol. The second kappa shape index (κ2) is 15.8. The van der Waals surface area contributed by atoms with Gasteiger partial charge in [-0.15, -0.1) is 0 Å². The predicted octanol–water partition coefficient (Wildman–Crippen LogP) is 1.03. The summed E-state index contributed by atoms with van der Waals surface area (Å²) in [5.41, 5.74) is -0.345. The van der Waals surface area contributed by atoms with Gasteiger partial charge in [-0.3, -0.25) is 28.8 Å². The number of nitrogens with one attached hydrogen (secondary N) is 1. The molecule has 1 aliphatic heterocycles. The van der Waals surface area contributed by atoms with Gasteiger partial charge in [-0.1, -0.05) is 30.3 Å². The van der Waals surface area contributed by atoms with E-state index in [0.717, 1.165) is 27.7 Å². The van der Waals surface area contributed by atoms with E-state index in [9.17, 15) is 33.6 Å². The molecule has 1 saturated heterocycles. The number of carbonyl (C=O) groups excluding carboxylic acids is 7. The van der Waals surface area contributed by atoms with Crippen LogP contribution in [0.3, 0.4) is 0 Å². The Hall–Kier alpha value is -4.53. The average molecular weight is 624 g/mol. The largest absolute Gasteiger partial charge is 0.461 e. The topological polar surface area (TPSA) is 196 Å². The van der Waals surface area contributed by atoms with Crippen molar-refractivity contribution < 1.29 is 66.7 Å². The van der Waals surface area contributed by atoms with Crippen molar-refractivity contribution in [2.24, 2.45) is 0 Å². The summed E-state index contributed by atoms with van der Waals surface area (Å²) in [6.45, 7) is 8.61. The lowest BCUT2D eigenvalue weighted by Gasteiger charge is -2.43. The van der Waals surface area contributed by atoms with Gasteiger partial charge in [0.05, 0.1) is 6.42 Å². The van der Waals surface area contributed by atoms with Crippen LogP contribution in [0.15, 0.2) is 30.3 Å². The van der Waals surface area contributed by atoms with Crippen LogP contribution in [0.5, 0.6) is 0 Å². The first kappa shape index (κ1) is 35.7. The molecule has 0 saturated carbocycles. The average Bonchev–Trinajstić information content (AvgIpc) is 2.88. The first-order valence-corrected chi connectivity index (χ1v) is 13.5. The Bertz CT molecular complexity index is 1220. The van der Waals surface area contributed by atoms with Gasteiger partial charge < -0.3 is 38.5 Å². The monoisotopic (exact) mass is 623 g/mol. The van der Waals surface area contributed by atoms with Gasteiger partial charge in [0, 0.05) is 27.7 Å². The minimum Gasteiger partial charge on any atom is -0.461 e. The molecule has 15 nitrogen and oxygen atoms in total. The van der Waals surface area contributed by atoms with Crippen molar-refractivity contribution in [1.82, 2.24) is 5.32 Å². The van der Waals surface area contributed by atoms with E-state index < -0.39 is 90.5 Å². The number of esters is 6. The third kappa shape index (κ3) is 11.6. The smallest absolute Gasteiger partial charge is 0.329 e. The molecule has 1 aromatic carbocycles. The van der Waals surface area contributed by atoms with Gasteiger partial charge >= 0.3 is 35.8 Å². The molecule has 1 aliphatic rings. The highest BCUT2D eigenvalue weighted by atomic mass is 16.7. The fourth-order valence-corrected chi connectivity index (χ4v) is 4.03. The summed E-state index contributed by atoms with van der Waals surface area (Å²) in [4.78, 5) is 87.2. The summed E-state index contributed by atoms with van der Waals surface area (Å²) < 4.78 is 37.0. The number of amides is 1. The van der Waals surface area contributed by atoms with Crippen LogP contribution in [-0.4, -0.2) is 84.1 Å². The minimum atomic E-state index is -1.91. The fraction of sp³-hybridized carbons (Fsp3) is 0.552. The van der Waals surface area contributed by atoms with Crippen molar-refractivity contribution in [2.75, 3.05) is 0 Å². The van der Waals surface area contributed by atoms with Gasteiger partial charge in [0.15, 0.2) is 18.3 Å². The number of ether oxygens (including phenoxy) is 7. The highest BCUT2D eigenvalue weighted by Crippen LogP contribution is 2.30. The molecule has 2 rings (SSSR count). The van der Waals surface area contributed by atoms with Crippen LogP contribution in [0.4, 0.5) is 0 Å². The molecular weight excluding hydrogens is 586 g/mol. The molecule has 6 atom stereocenters. The Labute approximate surface area is 253 Å². The Morgan fingerprint density at radius 3 is 1.82 bits per heavy atom. The highest BCUT2D eigenvalue weighted by Gasteiger charge is 2.56. The molecule has 15 heteroatoms. The molecule has 0 radical (unpaired) electrons. The molecule has 0 unspecified atom stereocenters. The van der Waals surface area contributed by atoms with E-state index >= 15 is 0 Å². The van der Waals surface area contributed by atoms with Crippen LogP contribution in [0.25, 0.3) is 0 Å². The summed E-state index contributed by atoms with van der Waals surface area (Å²) in [6.07, 6.45) is -9.54. The van der Waals surface area contributed by atoms with Gasteiger partial charge in [0.1, 0.15) is 18.2 Å². The molecule has 1 amide bonds. The lowest BCUT2D eigenvalue weighted by molar-refractivity contribution is -0.290. The van der Waals surface area contributed by atoms with Crippen molar-refractivity contribution in [2.45, 2.75) is 104 Å². The van der Waals surface area contributed by atoms with Crippen LogP contribution in [0, 0.1) is 0 Å². The molecule has 1 aromatic rings. The first-order chi connectivity index (χ1) is 20.5. The molecule has 1 N–H and O–H groups in total. The van der Waals surface area contributed by atoms with E-state index in [1.165, 1.54) is 0 Å². The van der Waals surface area contributed by atoms with E-state index in [4.69, 9.17) is 33.2 Å². The van der Waals surface area contributed by atoms with Crippen LogP contribution in [0.2, 0.25) is 0 Å². The van der Waals surface area contributed by atoms with E-state index in [0.29, 0.717) is 5.56 Å². The summed E-state index contributed by atoms with van der Waals surface area (Å²) in [5.74, 6) is -6.74. The Morgan fingerprint density at radius 1 is 0.773 bits per heavy atom. The normalized spacial score (nSPS) is 21.9. The Morgan fingerprint density at radius 2 is 1.30 bits per heavy atom. The molecule has 0 aromatic heterocycles. The SMILES string of the molecule is CC(=O)O[C@@H]1O[C@H](C(=O)N[C@@H](CC(=O)OCc2ccccc2)C(=O)OC(C)(C)C)[C@@H](OC(C)=O)[C@H](OC(C)=O)[C@H]1OC(C)=O. The van der Waals surface area contributed by atoms with Crippen molar-refractivity contribution in [1.29, 1.82) is 0 Å². The quantitative estimate of drug-likeness (QED) is 0.271. The second-order valence-electron chi connectivity index (χ2n) is 10.7. The zero-order chi connectivity index (χ0) is 33.2. The van der Waals surface area contributed by atoms with Crippen molar-refractivity contribution in [3.63, 3.8) is 0 Å². The molecule has 44 heavy (non-hydrogen) atoms. The third-order valence-corrected chi connectivity index (χ3v) is 5.56. The van der Waals surface area contributed by atoms with E-state index in [-0.39, 0.29) is 6.61 Å². The second-order valence-corrected chi connectivity index (χ2v) is 10.7. The summed E-state index contributed by atoms with van der Waals surface area (Å²) in [5, 5.41) is 2.33. The van der Waals surface area contributed by atoms with Gasteiger partial charge in [-0.25, -0.2) is 4.79 Å². The maximum atomic E-state index is 13.6. The van der Waals surface area contributed by atoms with Crippen LogP contribution >= 0.6 is 0 Å². The number of benzene rings is 1. The molecular formula is C29H37NO14. The van der Waals surface area contributed by atoms with Crippen molar-refractivity contribution >= 4 is 41.7 Å². The maximum Gasteiger partial charge on any atom is 0.329 e. The maximum absolute atomic E-state index is 13.6. The number of carbonyl (C=O) groups is 7.